The molecule has 0 spiro atoms. The normalized spacial score (nSPS) is 13.6. The summed E-state index contributed by atoms with van der Waals surface area (Å²) in [5.41, 5.74) is 15.7. The molecule has 304 valence electrons. The minimum absolute atomic E-state index is 0.147. The fourth-order valence-electron chi connectivity index (χ4n) is 7.07. The molecule has 3 N–H and O–H groups in total. The van der Waals surface area contributed by atoms with Crippen LogP contribution < -0.4 is 5.73 Å². The van der Waals surface area contributed by atoms with Crippen LogP contribution in [0.5, 0.6) is 0 Å². The molecule has 1 aliphatic rings. The van der Waals surface area contributed by atoms with E-state index in [1.807, 2.05) is 91.5 Å². The minimum atomic E-state index is -0.711. The Labute approximate surface area is 361 Å². The van der Waals surface area contributed by atoms with Crippen LogP contribution in [-0.4, -0.2) is 27.9 Å². The van der Waals surface area contributed by atoms with Crippen LogP contribution in [-0.2, 0) is 17.6 Å². The first-order valence-electron chi connectivity index (χ1n) is 20.4. The standard InChI is InChI=1S/C35H34ClNO2S.C10H15N.C8H8/c1-24(2)31-11-4-3-8-26(31)10-6-20-40-34(35(18-19-35)23-33(38)39)28-9-5-7-25(21-28)12-16-30-17-14-27-13-15-29(36)22-32(27)37-30;1-9(11)7-8-10-5-3-2-4-6-10;1-2-8-6-4-3-5-7-8/h3-5,7-9,11-17,21-22,34H,1,6,10,18-20,23H2,2H3,(H,38,39);2-6,9H,7-8,11H2,1H3;2-7H,1H2/t34-;;/m0../s1. The van der Waals surface area contributed by atoms with Crippen LogP contribution in [0.2, 0.25) is 5.02 Å². The SMILES string of the molecule is C=C(C)c1ccccc1CCCS[C@@H](c1cccc(C=Cc2ccc3ccc(Cl)cc3n2)c1)C1(CC(=O)O)CC1.C=Cc1ccccc1.CC(N)CCc1ccccc1. The second-order valence-electron chi connectivity index (χ2n) is 15.4. The number of carboxylic acid groups (broad SMARTS) is 1. The lowest BCUT2D eigenvalue weighted by atomic mass is 9.91. The molecule has 6 aromatic rings. The summed E-state index contributed by atoms with van der Waals surface area (Å²) in [4.78, 5) is 16.5. The topological polar surface area (TPSA) is 76.2 Å². The number of aromatic nitrogens is 1. The van der Waals surface area contributed by atoms with E-state index in [-0.39, 0.29) is 17.1 Å². The van der Waals surface area contributed by atoms with Crippen LogP contribution in [0.15, 0.2) is 153 Å². The number of aryl methyl sites for hydroxylation is 2. The van der Waals surface area contributed by atoms with Gasteiger partial charge in [-0.1, -0.05) is 164 Å². The fourth-order valence-corrected chi connectivity index (χ4v) is 8.80. The molecule has 0 saturated heterocycles. The predicted octanol–water partition coefficient (Wildman–Crippen LogP) is 14.0. The molecule has 1 fully saturated rings. The summed E-state index contributed by atoms with van der Waals surface area (Å²) in [6.45, 7) is 11.9. The Morgan fingerprint density at radius 2 is 1.54 bits per heavy atom. The second kappa shape index (κ2) is 22.8. The van der Waals surface area contributed by atoms with Crippen molar-refractivity contribution in [1.29, 1.82) is 0 Å². The van der Waals surface area contributed by atoms with Crippen molar-refractivity contribution < 1.29 is 9.90 Å². The van der Waals surface area contributed by atoms with Crippen molar-refractivity contribution in [2.75, 3.05) is 5.75 Å². The van der Waals surface area contributed by atoms with Gasteiger partial charge < -0.3 is 10.8 Å². The highest BCUT2D eigenvalue weighted by molar-refractivity contribution is 7.99. The molecule has 0 bridgehead atoms. The van der Waals surface area contributed by atoms with E-state index in [1.54, 1.807) is 0 Å². The molecule has 2 atom stereocenters. The number of allylic oxidation sites excluding steroid dienone is 1. The third kappa shape index (κ3) is 14.5. The van der Waals surface area contributed by atoms with Crippen LogP contribution in [0.3, 0.4) is 0 Å². The summed E-state index contributed by atoms with van der Waals surface area (Å²) in [5, 5.41) is 11.6. The first-order valence-corrected chi connectivity index (χ1v) is 21.9. The molecular formula is C53H57ClN2O2S. The highest BCUT2D eigenvalue weighted by Gasteiger charge is 2.51. The summed E-state index contributed by atoms with van der Waals surface area (Å²) < 4.78 is 0. The predicted molar refractivity (Wildman–Crippen MR) is 256 cm³/mol. The Hall–Kier alpha value is -5.20. The third-order valence-corrected chi connectivity index (χ3v) is 12.3. The summed E-state index contributed by atoms with van der Waals surface area (Å²) in [6.07, 6.45) is 12.3. The number of thioether (sulfide) groups is 1. The molecule has 1 heterocycles. The average Bonchev–Trinajstić information content (AvgIpc) is 4.02. The summed E-state index contributed by atoms with van der Waals surface area (Å²) in [7, 11) is 0. The second-order valence-corrected chi connectivity index (χ2v) is 17.1. The van der Waals surface area contributed by atoms with E-state index in [4.69, 9.17) is 22.3 Å². The average molecular weight is 822 g/mol. The van der Waals surface area contributed by atoms with Crippen molar-refractivity contribution in [1.82, 2.24) is 4.98 Å². The lowest BCUT2D eigenvalue weighted by Gasteiger charge is -2.26. The van der Waals surface area contributed by atoms with Crippen molar-refractivity contribution in [3.8, 4) is 0 Å². The van der Waals surface area contributed by atoms with Gasteiger partial charge in [0, 0.05) is 21.7 Å². The van der Waals surface area contributed by atoms with Gasteiger partial charge in [0.25, 0.3) is 0 Å². The number of carbonyl (C=O) groups is 1. The number of nitrogens with two attached hydrogens (primary N) is 1. The van der Waals surface area contributed by atoms with Gasteiger partial charge in [0.15, 0.2) is 0 Å². The van der Waals surface area contributed by atoms with Gasteiger partial charge >= 0.3 is 5.97 Å². The molecule has 6 heteroatoms. The molecule has 0 radical (unpaired) electrons. The Morgan fingerprint density at radius 3 is 2.20 bits per heavy atom. The molecule has 1 aromatic heterocycles. The van der Waals surface area contributed by atoms with Crippen LogP contribution in [0, 0.1) is 5.41 Å². The van der Waals surface area contributed by atoms with Gasteiger partial charge in [0.05, 0.1) is 17.6 Å². The van der Waals surface area contributed by atoms with Crippen LogP contribution >= 0.6 is 23.4 Å². The molecule has 1 aliphatic carbocycles. The lowest BCUT2D eigenvalue weighted by Crippen LogP contribution is -2.17. The van der Waals surface area contributed by atoms with Crippen molar-refractivity contribution in [2.24, 2.45) is 11.1 Å². The number of hydrogen-bond donors (Lipinski definition) is 2. The van der Waals surface area contributed by atoms with E-state index in [9.17, 15) is 9.90 Å². The number of fused-ring (bicyclic) bond motifs is 1. The van der Waals surface area contributed by atoms with Gasteiger partial charge in [-0.15, -0.1) is 0 Å². The number of carboxylic acids is 1. The van der Waals surface area contributed by atoms with E-state index < -0.39 is 5.97 Å². The highest BCUT2D eigenvalue weighted by Crippen LogP contribution is 2.62. The Balaban J connectivity index is 0.000000284. The van der Waals surface area contributed by atoms with Crippen LogP contribution in [0.1, 0.15) is 90.3 Å². The zero-order valence-electron chi connectivity index (χ0n) is 34.4. The quantitative estimate of drug-likeness (QED) is 0.0951. The molecule has 5 aromatic carbocycles. The maximum atomic E-state index is 11.8. The van der Waals surface area contributed by atoms with Crippen molar-refractivity contribution >= 4 is 64.0 Å². The van der Waals surface area contributed by atoms with Gasteiger partial charge in [0.2, 0.25) is 0 Å². The Kier molecular flexibility index (Phi) is 17.4. The maximum Gasteiger partial charge on any atom is 0.303 e. The van der Waals surface area contributed by atoms with Gasteiger partial charge in [-0.2, -0.15) is 11.8 Å². The number of rotatable bonds is 16. The largest absolute Gasteiger partial charge is 0.481 e. The van der Waals surface area contributed by atoms with Crippen molar-refractivity contribution in [2.45, 2.75) is 70.1 Å². The Bertz CT molecular complexity index is 2300. The number of aliphatic carboxylic acids is 1. The number of halogens is 1. The Morgan fingerprint density at radius 1 is 0.864 bits per heavy atom. The van der Waals surface area contributed by atoms with Gasteiger partial charge in [0.1, 0.15) is 0 Å². The van der Waals surface area contributed by atoms with Crippen molar-refractivity contribution in [3.63, 3.8) is 0 Å². The summed E-state index contributed by atoms with van der Waals surface area (Å²) in [5.74, 6) is 0.261. The van der Waals surface area contributed by atoms with Crippen LogP contribution in [0.25, 0.3) is 34.7 Å². The number of nitrogens with zero attached hydrogens (tertiary/aromatic N) is 1. The first-order chi connectivity index (χ1) is 28.5. The summed E-state index contributed by atoms with van der Waals surface area (Å²) in [6, 6.07) is 47.6. The van der Waals surface area contributed by atoms with E-state index in [2.05, 4.69) is 105 Å². The van der Waals surface area contributed by atoms with Crippen molar-refractivity contribution in [3.05, 3.63) is 197 Å². The smallest absolute Gasteiger partial charge is 0.303 e. The van der Waals surface area contributed by atoms with Gasteiger partial charge in [-0.25, -0.2) is 4.98 Å². The molecule has 0 aliphatic heterocycles. The molecule has 1 unspecified atom stereocenters. The third-order valence-electron chi connectivity index (χ3n) is 10.4. The van der Waals surface area contributed by atoms with E-state index in [0.717, 1.165) is 72.0 Å². The molecular weight excluding hydrogens is 764 g/mol. The van der Waals surface area contributed by atoms with E-state index >= 15 is 0 Å². The zero-order chi connectivity index (χ0) is 42.0. The monoisotopic (exact) mass is 820 g/mol. The van der Waals surface area contributed by atoms with Crippen LogP contribution in [0.4, 0.5) is 0 Å². The zero-order valence-corrected chi connectivity index (χ0v) is 36.0. The minimum Gasteiger partial charge on any atom is -0.481 e. The number of hydrogen-bond acceptors (Lipinski definition) is 4. The molecule has 59 heavy (non-hydrogen) atoms. The molecule has 0 amide bonds. The van der Waals surface area contributed by atoms with E-state index in [0.29, 0.717) is 11.1 Å². The number of pyridine rings is 1. The molecule has 1 saturated carbocycles. The highest BCUT2D eigenvalue weighted by atomic mass is 35.5. The van der Waals surface area contributed by atoms with Gasteiger partial charge in [-0.05, 0) is 121 Å². The lowest BCUT2D eigenvalue weighted by molar-refractivity contribution is -0.138. The molecule has 4 nitrogen and oxygen atoms in total. The van der Waals surface area contributed by atoms with E-state index in [1.165, 1.54) is 27.8 Å². The summed E-state index contributed by atoms with van der Waals surface area (Å²) >= 11 is 8.07. The molecule has 7 rings (SSSR count). The van der Waals surface area contributed by atoms with Gasteiger partial charge in [-0.3, -0.25) is 4.79 Å². The number of benzene rings is 5. The fraction of sp³-hybridized carbons (Fsp3) is 0.245. The first kappa shape index (κ1) is 44.9. The maximum absolute atomic E-state index is 11.8.